The van der Waals surface area contributed by atoms with E-state index in [1.165, 1.54) is 0 Å². The number of carbonyl (C=O) groups excluding carboxylic acids is 1. The minimum absolute atomic E-state index is 0.0519. The lowest BCUT2D eigenvalue weighted by atomic mass is 10.0. The minimum atomic E-state index is -0.0519. The first-order valence-corrected chi connectivity index (χ1v) is 7.98. The lowest BCUT2D eigenvalue weighted by Gasteiger charge is -2.10. The van der Waals surface area contributed by atoms with Crippen molar-refractivity contribution < 1.29 is 4.79 Å². The Labute approximate surface area is 143 Å². The van der Waals surface area contributed by atoms with E-state index in [1.54, 1.807) is 6.92 Å². The van der Waals surface area contributed by atoms with Crippen molar-refractivity contribution >= 4 is 23.1 Å². The van der Waals surface area contributed by atoms with Crippen molar-refractivity contribution in [2.45, 2.75) is 26.8 Å². The number of nitrogens with two attached hydrogens (primary N) is 1. The Morgan fingerprint density at radius 3 is 2.46 bits per heavy atom. The number of amidine groups is 1. The SMILES string of the molecule is CC(N)=Nc1ccc(-c2cccc(NC(=O)CNC(C)C)c2)cc1. The fourth-order valence-corrected chi connectivity index (χ4v) is 2.21. The number of anilines is 1. The van der Waals surface area contributed by atoms with Gasteiger partial charge in [-0.2, -0.15) is 0 Å². The van der Waals surface area contributed by atoms with Crippen molar-refractivity contribution in [3.63, 3.8) is 0 Å². The number of hydrogen-bond acceptors (Lipinski definition) is 3. The van der Waals surface area contributed by atoms with Crippen LogP contribution in [0.1, 0.15) is 20.8 Å². The second-order valence-electron chi connectivity index (χ2n) is 5.96. The van der Waals surface area contributed by atoms with Crippen LogP contribution in [-0.2, 0) is 4.79 Å². The van der Waals surface area contributed by atoms with Gasteiger partial charge in [0.25, 0.3) is 0 Å². The van der Waals surface area contributed by atoms with Gasteiger partial charge in [-0.25, -0.2) is 4.99 Å². The number of aliphatic imine (C=N–C) groups is 1. The lowest BCUT2D eigenvalue weighted by Crippen LogP contribution is -2.32. The van der Waals surface area contributed by atoms with Gasteiger partial charge in [0.2, 0.25) is 5.91 Å². The highest BCUT2D eigenvalue weighted by molar-refractivity contribution is 5.93. The van der Waals surface area contributed by atoms with E-state index in [0.29, 0.717) is 12.4 Å². The van der Waals surface area contributed by atoms with E-state index in [-0.39, 0.29) is 11.9 Å². The van der Waals surface area contributed by atoms with Gasteiger partial charge < -0.3 is 16.4 Å². The highest BCUT2D eigenvalue weighted by Gasteiger charge is 2.05. The molecule has 0 unspecified atom stereocenters. The molecule has 0 radical (unpaired) electrons. The number of rotatable bonds is 6. The van der Waals surface area contributed by atoms with E-state index in [4.69, 9.17) is 5.73 Å². The van der Waals surface area contributed by atoms with Crippen LogP contribution < -0.4 is 16.4 Å². The largest absolute Gasteiger partial charge is 0.387 e. The van der Waals surface area contributed by atoms with Gasteiger partial charge in [0.15, 0.2) is 0 Å². The van der Waals surface area contributed by atoms with Crippen molar-refractivity contribution in [2.75, 3.05) is 11.9 Å². The summed E-state index contributed by atoms with van der Waals surface area (Å²) in [6.45, 7) is 6.07. The van der Waals surface area contributed by atoms with Crippen LogP contribution in [0.15, 0.2) is 53.5 Å². The zero-order valence-electron chi connectivity index (χ0n) is 14.3. The van der Waals surface area contributed by atoms with Gasteiger partial charge in [-0.3, -0.25) is 4.79 Å². The normalized spacial score (nSPS) is 11.6. The zero-order valence-corrected chi connectivity index (χ0v) is 14.3. The summed E-state index contributed by atoms with van der Waals surface area (Å²) in [5.41, 5.74) is 9.28. The van der Waals surface area contributed by atoms with E-state index in [9.17, 15) is 4.79 Å². The van der Waals surface area contributed by atoms with Gasteiger partial charge in [-0.05, 0) is 42.3 Å². The molecule has 5 heteroatoms. The van der Waals surface area contributed by atoms with Crippen LogP contribution in [0.4, 0.5) is 11.4 Å². The summed E-state index contributed by atoms with van der Waals surface area (Å²) in [5, 5.41) is 6.00. The summed E-state index contributed by atoms with van der Waals surface area (Å²) in [6, 6.07) is 15.9. The lowest BCUT2D eigenvalue weighted by molar-refractivity contribution is -0.115. The maximum atomic E-state index is 11.9. The number of amides is 1. The Kier molecular flexibility index (Phi) is 6.09. The van der Waals surface area contributed by atoms with E-state index >= 15 is 0 Å². The first-order valence-electron chi connectivity index (χ1n) is 7.98. The van der Waals surface area contributed by atoms with E-state index in [2.05, 4.69) is 15.6 Å². The monoisotopic (exact) mass is 324 g/mol. The van der Waals surface area contributed by atoms with Crippen molar-refractivity contribution in [2.24, 2.45) is 10.7 Å². The molecule has 0 saturated heterocycles. The number of hydrogen-bond donors (Lipinski definition) is 3. The average Bonchev–Trinajstić information content (AvgIpc) is 2.53. The van der Waals surface area contributed by atoms with Crippen LogP contribution in [0, 0.1) is 0 Å². The Hall–Kier alpha value is -2.66. The molecule has 2 aromatic carbocycles. The van der Waals surface area contributed by atoms with Crippen LogP contribution in [-0.4, -0.2) is 24.3 Å². The van der Waals surface area contributed by atoms with Crippen molar-refractivity contribution in [1.29, 1.82) is 0 Å². The topological polar surface area (TPSA) is 79.5 Å². The molecule has 0 aliphatic carbocycles. The molecule has 0 fully saturated rings. The van der Waals surface area contributed by atoms with Crippen molar-refractivity contribution in [3.05, 3.63) is 48.5 Å². The highest BCUT2D eigenvalue weighted by Crippen LogP contribution is 2.25. The van der Waals surface area contributed by atoms with Crippen LogP contribution >= 0.6 is 0 Å². The van der Waals surface area contributed by atoms with E-state index in [0.717, 1.165) is 22.5 Å². The molecule has 24 heavy (non-hydrogen) atoms. The van der Waals surface area contributed by atoms with Gasteiger partial charge in [0.1, 0.15) is 0 Å². The fraction of sp³-hybridized carbons (Fsp3) is 0.263. The first-order chi connectivity index (χ1) is 11.4. The van der Waals surface area contributed by atoms with Gasteiger partial charge in [-0.1, -0.05) is 38.1 Å². The maximum absolute atomic E-state index is 11.9. The molecular weight excluding hydrogens is 300 g/mol. The van der Waals surface area contributed by atoms with Crippen molar-refractivity contribution in [3.8, 4) is 11.1 Å². The standard InChI is InChI=1S/C19H24N4O/c1-13(2)21-12-19(24)23-18-6-4-5-16(11-18)15-7-9-17(10-8-15)22-14(3)20/h4-11,13,21H,12H2,1-3H3,(H2,20,22)(H,23,24). The molecule has 0 heterocycles. The Balaban J connectivity index is 2.09. The minimum Gasteiger partial charge on any atom is -0.387 e. The van der Waals surface area contributed by atoms with Gasteiger partial charge >= 0.3 is 0 Å². The second kappa shape index (κ2) is 8.26. The van der Waals surface area contributed by atoms with Crippen molar-refractivity contribution in [1.82, 2.24) is 5.32 Å². The molecule has 1 amide bonds. The van der Waals surface area contributed by atoms with Gasteiger partial charge in [-0.15, -0.1) is 0 Å². The molecule has 4 N–H and O–H groups in total. The van der Waals surface area contributed by atoms with E-state index < -0.39 is 0 Å². The Morgan fingerprint density at radius 1 is 1.12 bits per heavy atom. The smallest absolute Gasteiger partial charge is 0.238 e. The molecule has 0 spiro atoms. The summed E-state index contributed by atoms with van der Waals surface area (Å²) in [7, 11) is 0. The summed E-state index contributed by atoms with van der Waals surface area (Å²) >= 11 is 0. The Bertz CT molecular complexity index is 716. The summed E-state index contributed by atoms with van der Waals surface area (Å²) < 4.78 is 0. The third kappa shape index (κ3) is 5.52. The number of nitrogens with zero attached hydrogens (tertiary/aromatic N) is 1. The number of benzene rings is 2. The molecular formula is C19H24N4O. The Morgan fingerprint density at radius 2 is 1.83 bits per heavy atom. The first kappa shape index (κ1) is 17.7. The molecule has 2 rings (SSSR count). The third-order valence-electron chi connectivity index (χ3n) is 3.32. The summed E-state index contributed by atoms with van der Waals surface area (Å²) in [6.07, 6.45) is 0. The third-order valence-corrected chi connectivity index (χ3v) is 3.32. The summed E-state index contributed by atoms with van der Waals surface area (Å²) in [5.74, 6) is 0.478. The summed E-state index contributed by atoms with van der Waals surface area (Å²) in [4.78, 5) is 16.1. The molecule has 2 aromatic rings. The maximum Gasteiger partial charge on any atom is 0.238 e. The molecule has 0 aliphatic rings. The predicted molar refractivity (Wildman–Crippen MR) is 101 cm³/mol. The zero-order chi connectivity index (χ0) is 17.5. The van der Waals surface area contributed by atoms with Crippen LogP contribution in [0.3, 0.4) is 0 Å². The van der Waals surface area contributed by atoms with Crippen LogP contribution in [0.5, 0.6) is 0 Å². The molecule has 0 aromatic heterocycles. The number of nitrogens with one attached hydrogen (secondary N) is 2. The fourth-order valence-electron chi connectivity index (χ4n) is 2.21. The molecule has 0 aliphatic heterocycles. The van der Waals surface area contributed by atoms with Crippen LogP contribution in [0.2, 0.25) is 0 Å². The molecule has 0 saturated carbocycles. The van der Waals surface area contributed by atoms with E-state index in [1.807, 2.05) is 62.4 Å². The van der Waals surface area contributed by atoms with Gasteiger partial charge in [0, 0.05) is 11.7 Å². The van der Waals surface area contributed by atoms with Gasteiger partial charge in [0.05, 0.1) is 18.1 Å². The van der Waals surface area contributed by atoms with Crippen LogP contribution in [0.25, 0.3) is 11.1 Å². The molecule has 126 valence electrons. The quantitative estimate of drug-likeness (QED) is 0.563. The highest BCUT2D eigenvalue weighted by atomic mass is 16.1. The average molecular weight is 324 g/mol. The number of carbonyl (C=O) groups is 1. The molecule has 0 atom stereocenters. The molecule has 0 bridgehead atoms. The molecule has 5 nitrogen and oxygen atoms in total. The second-order valence-corrected chi connectivity index (χ2v) is 5.96. The predicted octanol–water partition coefficient (Wildman–Crippen LogP) is 3.30.